The molecule has 17 heavy (non-hydrogen) atoms. The number of hydrogen-bond acceptors (Lipinski definition) is 3. The lowest BCUT2D eigenvalue weighted by Gasteiger charge is -2.43. The van der Waals surface area contributed by atoms with Crippen molar-refractivity contribution < 1.29 is 14.3 Å². The first-order valence-electron chi connectivity index (χ1n) is 5.98. The molecule has 1 aromatic rings. The fourth-order valence-electron chi connectivity index (χ4n) is 2.78. The summed E-state index contributed by atoms with van der Waals surface area (Å²) in [6.07, 6.45) is 5.32. The molecule has 0 saturated carbocycles. The molecule has 2 rings (SSSR count). The number of carbonyl (C=O) groups is 1. The molecule has 1 aliphatic rings. The second-order valence-electron chi connectivity index (χ2n) is 5.43. The number of nitrogens with zero attached hydrogens (tertiary/aromatic N) is 1. The van der Waals surface area contributed by atoms with Crippen molar-refractivity contribution in [1.82, 2.24) is 4.90 Å². The lowest BCUT2D eigenvalue weighted by molar-refractivity contribution is -0.151. The molecule has 0 bridgehead atoms. The minimum Gasteiger partial charge on any atom is -0.480 e. The van der Waals surface area contributed by atoms with E-state index < -0.39 is 12.0 Å². The molecule has 4 heteroatoms. The van der Waals surface area contributed by atoms with Gasteiger partial charge in [0, 0.05) is 12.1 Å². The van der Waals surface area contributed by atoms with Crippen LogP contribution in [0.3, 0.4) is 0 Å². The van der Waals surface area contributed by atoms with E-state index in [4.69, 9.17) is 4.42 Å². The van der Waals surface area contributed by atoms with Gasteiger partial charge in [0.2, 0.25) is 0 Å². The fourth-order valence-corrected chi connectivity index (χ4v) is 2.78. The Balaban J connectivity index is 2.16. The summed E-state index contributed by atoms with van der Waals surface area (Å²) in [7, 11) is 0. The van der Waals surface area contributed by atoms with E-state index in [0.29, 0.717) is 6.54 Å². The normalized spacial score (nSPS) is 24.7. The molecule has 0 aliphatic carbocycles. The van der Waals surface area contributed by atoms with Gasteiger partial charge in [-0.05, 0) is 30.9 Å². The molecule has 4 nitrogen and oxygen atoms in total. The summed E-state index contributed by atoms with van der Waals surface area (Å²) in [5.41, 5.74) is 0.863. The molecule has 94 valence electrons. The van der Waals surface area contributed by atoms with Crippen LogP contribution < -0.4 is 0 Å². The van der Waals surface area contributed by atoms with E-state index in [0.717, 1.165) is 24.9 Å². The van der Waals surface area contributed by atoms with E-state index in [-0.39, 0.29) is 5.41 Å². The minimum atomic E-state index is -0.724. The number of likely N-dealkylation sites (tertiary alicyclic amines) is 1. The van der Waals surface area contributed by atoms with Crippen molar-refractivity contribution in [1.29, 1.82) is 0 Å². The highest BCUT2D eigenvalue weighted by molar-refractivity contribution is 5.74. The van der Waals surface area contributed by atoms with Gasteiger partial charge in [0.25, 0.3) is 0 Å². The topological polar surface area (TPSA) is 53.7 Å². The third-order valence-electron chi connectivity index (χ3n) is 3.57. The molecule has 1 aromatic heterocycles. The lowest BCUT2D eigenvalue weighted by Crippen LogP contribution is -2.53. The molecule has 0 spiro atoms. The van der Waals surface area contributed by atoms with Gasteiger partial charge in [-0.15, -0.1) is 0 Å². The zero-order valence-electron chi connectivity index (χ0n) is 10.3. The van der Waals surface area contributed by atoms with Crippen molar-refractivity contribution in [2.24, 2.45) is 5.41 Å². The van der Waals surface area contributed by atoms with Gasteiger partial charge in [-0.3, -0.25) is 9.69 Å². The van der Waals surface area contributed by atoms with E-state index in [2.05, 4.69) is 0 Å². The first kappa shape index (κ1) is 12.2. The standard InChI is InChI=1S/C13H19NO3/c1-13(2)5-3-6-14(11(13)12(15)16)8-10-4-7-17-9-10/h4,7,9,11H,3,5-6,8H2,1-2H3,(H,15,16). The maximum absolute atomic E-state index is 11.4. The number of furan rings is 1. The summed E-state index contributed by atoms with van der Waals surface area (Å²) in [6, 6.07) is 1.48. The number of hydrogen-bond donors (Lipinski definition) is 1. The largest absolute Gasteiger partial charge is 0.480 e. The van der Waals surface area contributed by atoms with Gasteiger partial charge < -0.3 is 9.52 Å². The van der Waals surface area contributed by atoms with Crippen LogP contribution in [0.1, 0.15) is 32.3 Å². The fraction of sp³-hybridized carbons (Fsp3) is 0.615. The number of rotatable bonds is 3. The summed E-state index contributed by atoms with van der Waals surface area (Å²) in [6.45, 7) is 5.56. The number of carboxylic acids is 1. The smallest absolute Gasteiger partial charge is 0.321 e. The Morgan fingerprint density at radius 1 is 1.65 bits per heavy atom. The van der Waals surface area contributed by atoms with Gasteiger partial charge in [-0.25, -0.2) is 0 Å². The predicted octanol–water partition coefficient (Wildman–Crippen LogP) is 2.35. The quantitative estimate of drug-likeness (QED) is 0.876. The van der Waals surface area contributed by atoms with Crippen molar-refractivity contribution in [3.05, 3.63) is 24.2 Å². The Morgan fingerprint density at radius 2 is 2.41 bits per heavy atom. The van der Waals surface area contributed by atoms with E-state index in [1.54, 1.807) is 12.5 Å². The molecule has 1 saturated heterocycles. The zero-order valence-corrected chi connectivity index (χ0v) is 10.3. The second-order valence-corrected chi connectivity index (χ2v) is 5.43. The third-order valence-corrected chi connectivity index (χ3v) is 3.57. The lowest BCUT2D eigenvalue weighted by atomic mass is 9.76. The van der Waals surface area contributed by atoms with Crippen LogP contribution in [-0.4, -0.2) is 28.6 Å². The Hall–Kier alpha value is -1.29. The highest BCUT2D eigenvalue weighted by Crippen LogP contribution is 2.36. The Bertz CT molecular complexity index is 383. The van der Waals surface area contributed by atoms with Crippen LogP contribution in [0.25, 0.3) is 0 Å². The molecule has 0 amide bonds. The molecule has 1 unspecified atom stereocenters. The van der Waals surface area contributed by atoms with Crippen LogP contribution in [0.15, 0.2) is 23.0 Å². The average Bonchev–Trinajstić information content (AvgIpc) is 2.68. The predicted molar refractivity (Wildman–Crippen MR) is 63.6 cm³/mol. The van der Waals surface area contributed by atoms with Crippen LogP contribution in [-0.2, 0) is 11.3 Å². The Kier molecular flexibility index (Phi) is 3.24. The van der Waals surface area contributed by atoms with Gasteiger partial charge in [0.05, 0.1) is 12.5 Å². The molecule has 1 N–H and O–H groups in total. The molecular formula is C13H19NO3. The summed E-state index contributed by atoms with van der Waals surface area (Å²) in [4.78, 5) is 13.5. The van der Waals surface area contributed by atoms with Crippen LogP contribution in [0, 0.1) is 5.41 Å². The van der Waals surface area contributed by atoms with Crippen LogP contribution in [0.4, 0.5) is 0 Å². The number of aliphatic carboxylic acids is 1. The first-order valence-corrected chi connectivity index (χ1v) is 5.98. The maximum Gasteiger partial charge on any atom is 0.321 e. The molecule has 0 radical (unpaired) electrons. The van der Waals surface area contributed by atoms with Gasteiger partial charge >= 0.3 is 5.97 Å². The van der Waals surface area contributed by atoms with E-state index in [9.17, 15) is 9.90 Å². The third kappa shape index (κ3) is 2.52. The Labute approximate surface area is 101 Å². The van der Waals surface area contributed by atoms with Crippen LogP contribution in [0.5, 0.6) is 0 Å². The van der Waals surface area contributed by atoms with Crippen molar-refractivity contribution in [2.45, 2.75) is 39.3 Å². The molecule has 2 heterocycles. The molecule has 1 fully saturated rings. The zero-order chi connectivity index (χ0) is 12.5. The minimum absolute atomic E-state index is 0.173. The van der Waals surface area contributed by atoms with E-state index in [1.165, 1.54) is 0 Å². The van der Waals surface area contributed by atoms with Crippen molar-refractivity contribution in [2.75, 3.05) is 6.54 Å². The average molecular weight is 237 g/mol. The van der Waals surface area contributed by atoms with Gasteiger partial charge in [-0.1, -0.05) is 13.8 Å². The number of piperidine rings is 1. The number of carboxylic acid groups (broad SMARTS) is 1. The van der Waals surface area contributed by atoms with Gasteiger partial charge in [0.15, 0.2) is 0 Å². The molecule has 0 aromatic carbocycles. The maximum atomic E-state index is 11.4. The highest BCUT2D eigenvalue weighted by Gasteiger charge is 2.42. The van der Waals surface area contributed by atoms with Crippen LogP contribution >= 0.6 is 0 Å². The summed E-state index contributed by atoms with van der Waals surface area (Å²) < 4.78 is 5.03. The summed E-state index contributed by atoms with van der Waals surface area (Å²) in [5.74, 6) is -0.724. The van der Waals surface area contributed by atoms with Crippen molar-refractivity contribution in [3.8, 4) is 0 Å². The first-order chi connectivity index (χ1) is 8.00. The second kappa shape index (κ2) is 4.53. The summed E-state index contributed by atoms with van der Waals surface area (Å²) >= 11 is 0. The molecule has 1 aliphatic heterocycles. The Morgan fingerprint density at radius 3 is 3.00 bits per heavy atom. The highest BCUT2D eigenvalue weighted by atomic mass is 16.4. The molecule has 1 atom stereocenters. The van der Waals surface area contributed by atoms with Crippen molar-refractivity contribution in [3.63, 3.8) is 0 Å². The monoisotopic (exact) mass is 237 g/mol. The van der Waals surface area contributed by atoms with E-state index in [1.807, 2.05) is 24.8 Å². The van der Waals surface area contributed by atoms with Gasteiger partial charge in [-0.2, -0.15) is 0 Å². The molecular weight excluding hydrogens is 218 g/mol. The van der Waals surface area contributed by atoms with Gasteiger partial charge in [0.1, 0.15) is 6.04 Å². The summed E-state index contributed by atoms with van der Waals surface area (Å²) in [5, 5.41) is 9.41. The SMILES string of the molecule is CC1(C)CCCN(Cc2ccoc2)C1C(=O)O. The van der Waals surface area contributed by atoms with E-state index >= 15 is 0 Å². The van der Waals surface area contributed by atoms with Crippen LogP contribution in [0.2, 0.25) is 0 Å². The van der Waals surface area contributed by atoms with Crippen molar-refractivity contribution >= 4 is 5.97 Å².